The van der Waals surface area contributed by atoms with Gasteiger partial charge in [-0.2, -0.15) is 0 Å². The zero-order valence-electron chi connectivity index (χ0n) is 11.2. The van der Waals surface area contributed by atoms with E-state index in [0.29, 0.717) is 10.2 Å². The largest absolute Gasteiger partial charge is 0.457 e. The summed E-state index contributed by atoms with van der Waals surface area (Å²) in [4.78, 5) is 18.8. The molecule has 0 saturated carbocycles. The Labute approximate surface area is 125 Å². The van der Waals surface area contributed by atoms with Crippen molar-refractivity contribution in [2.24, 2.45) is 0 Å². The van der Waals surface area contributed by atoms with Crippen LogP contribution in [0.1, 0.15) is 40.5 Å². The van der Waals surface area contributed by atoms with Crippen molar-refractivity contribution in [2.45, 2.75) is 25.3 Å². The van der Waals surface area contributed by atoms with Crippen molar-refractivity contribution in [3.8, 4) is 0 Å². The normalized spacial score (nSPS) is 17.6. The average Bonchev–Trinajstić information content (AvgIpc) is 2.91. The van der Waals surface area contributed by atoms with Gasteiger partial charge in [0.25, 0.3) is 5.91 Å². The Kier molecular flexibility index (Phi) is 3.61. The lowest BCUT2D eigenvalue weighted by atomic mass is 9.91. The molecule has 1 aliphatic rings. The summed E-state index contributed by atoms with van der Waals surface area (Å²) in [5.74, 6) is -0.0471. The maximum Gasteiger partial charge on any atom is 0.258 e. The van der Waals surface area contributed by atoms with Gasteiger partial charge in [0, 0.05) is 13.2 Å². The van der Waals surface area contributed by atoms with Gasteiger partial charge >= 0.3 is 0 Å². The molecule has 0 radical (unpaired) electrons. The SMILES string of the molecule is CN(C(=O)c1ccoc1Br)[C@@H]1CCCc2cccnc21. The lowest BCUT2D eigenvalue weighted by Crippen LogP contribution is -2.33. The fraction of sp³-hybridized carbons (Fsp3) is 0.333. The number of fused-ring (bicyclic) bond motifs is 1. The second-order valence-corrected chi connectivity index (χ2v) is 5.70. The number of hydrogen-bond acceptors (Lipinski definition) is 3. The van der Waals surface area contributed by atoms with E-state index in [9.17, 15) is 4.79 Å². The highest BCUT2D eigenvalue weighted by atomic mass is 79.9. The number of furan rings is 1. The number of nitrogens with zero attached hydrogens (tertiary/aromatic N) is 2. The van der Waals surface area contributed by atoms with Gasteiger partial charge in [-0.15, -0.1) is 0 Å². The Bertz CT molecular complexity index is 638. The third kappa shape index (κ3) is 2.26. The molecule has 0 spiro atoms. The number of pyridine rings is 1. The van der Waals surface area contributed by atoms with Gasteiger partial charge in [0.2, 0.25) is 0 Å². The fourth-order valence-corrected chi connectivity index (χ4v) is 3.15. The lowest BCUT2D eigenvalue weighted by molar-refractivity contribution is 0.0709. The van der Waals surface area contributed by atoms with E-state index in [4.69, 9.17) is 4.42 Å². The fourth-order valence-electron chi connectivity index (χ4n) is 2.74. The van der Waals surface area contributed by atoms with E-state index in [1.165, 1.54) is 11.8 Å². The molecule has 2 aromatic rings. The molecule has 5 heteroatoms. The third-order valence-corrected chi connectivity index (χ3v) is 4.42. The van der Waals surface area contributed by atoms with Crippen molar-refractivity contribution < 1.29 is 9.21 Å². The Morgan fingerprint density at radius 3 is 3.10 bits per heavy atom. The monoisotopic (exact) mass is 334 g/mol. The molecule has 20 heavy (non-hydrogen) atoms. The summed E-state index contributed by atoms with van der Waals surface area (Å²) < 4.78 is 5.62. The highest BCUT2D eigenvalue weighted by Gasteiger charge is 2.29. The van der Waals surface area contributed by atoms with E-state index in [2.05, 4.69) is 27.0 Å². The minimum Gasteiger partial charge on any atom is -0.457 e. The zero-order valence-corrected chi connectivity index (χ0v) is 12.8. The predicted molar refractivity (Wildman–Crippen MR) is 78.4 cm³/mol. The lowest BCUT2D eigenvalue weighted by Gasteiger charge is -2.32. The molecule has 0 bridgehead atoms. The van der Waals surface area contributed by atoms with Gasteiger partial charge in [-0.3, -0.25) is 9.78 Å². The van der Waals surface area contributed by atoms with E-state index in [0.717, 1.165) is 25.0 Å². The van der Waals surface area contributed by atoms with Gasteiger partial charge in [-0.05, 0) is 52.9 Å². The molecule has 0 N–H and O–H groups in total. The Balaban J connectivity index is 1.90. The van der Waals surface area contributed by atoms with Crippen molar-refractivity contribution in [2.75, 3.05) is 7.05 Å². The molecule has 1 amide bonds. The van der Waals surface area contributed by atoms with Crippen LogP contribution >= 0.6 is 15.9 Å². The molecular formula is C15H15BrN2O2. The summed E-state index contributed by atoms with van der Waals surface area (Å²) in [6.45, 7) is 0. The van der Waals surface area contributed by atoms with Gasteiger partial charge in [0.05, 0.1) is 23.6 Å². The smallest absolute Gasteiger partial charge is 0.258 e. The zero-order chi connectivity index (χ0) is 14.1. The minimum atomic E-state index is -0.0471. The molecule has 0 aliphatic heterocycles. The van der Waals surface area contributed by atoms with Crippen LogP contribution in [-0.4, -0.2) is 22.8 Å². The molecule has 104 valence electrons. The van der Waals surface area contributed by atoms with Gasteiger partial charge in [0.15, 0.2) is 4.67 Å². The van der Waals surface area contributed by atoms with E-state index < -0.39 is 0 Å². The minimum absolute atomic E-state index is 0.0363. The molecule has 2 heterocycles. The molecule has 0 fully saturated rings. The first-order valence-corrected chi connectivity index (χ1v) is 7.41. The second-order valence-electron chi connectivity index (χ2n) is 4.98. The number of aryl methyl sites for hydroxylation is 1. The standard InChI is InChI=1S/C15H15BrN2O2/c1-18(15(19)11-7-9-20-14(11)16)12-6-2-4-10-5-3-8-17-13(10)12/h3,5,7-9,12H,2,4,6H2,1H3/t12-/m1/s1. The number of rotatable bonds is 2. The van der Waals surface area contributed by atoms with Crippen LogP contribution in [0.25, 0.3) is 0 Å². The maximum atomic E-state index is 12.5. The third-order valence-electron chi connectivity index (χ3n) is 3.80. The van der Waals surface area contributed by atoms with Crippen molar-refractivity contribution in [3.63, 3.8) is 0 Å². The highest BCUT2D eigenvalue weighted by molar-refractivity contribution is 9.10. The number of amides is 1. The summed E-state index contributed by atoms with van der Waals surface area (Å²) in [7, 11) is 1.83. The van der Waals surface area contributed by atoms with Gasteiger partial charge in [-0.25, -0.2) is 0 Å². The Morgan fingerprint density at radius 1 is 1.50 bits per heavy atom. The molecule has 0 unspecified atom stereocenters. The summed E-state index contributed by atoms with van der Waals surface area (Å²) >= 11 is 3.26. The maximum absolute atomic E-state index is 12.5. The molecular weight excluding hydrogens is 320 g/mol. The van der Waals surface area contributed by atoms with E-state index >= 15 is 0 Å². The molecule has 4 nitrogen and oxygen atoms in total. The van der Waals surface area contributed by atoms with Crippen molar-refractivity contribution >= 4 is 21.8 Å². The first-order valence-electron chi connectivity index (χ1n) is 6.62. The highest BCUT2D eigenvalue weighted by Crippen LogP contribution is 2.33. The topological polar surface area (TPSA) is 46.3 Å². The molecule has 1 atom stereocenters. The van der Waals surface area contributed by atoms with Crippen LogP contribution in [0.15, 0.2) is 39.7 Å². The quantitative estimate of drug-likeness (QED) is 0.843. The van der Waals surface area contributed by atoms with E-state index in [-0.39, 0.29) is 11.9 Å². The Hall–Kier alpha value is -1.62. The van der Waals surface area contributed by atoms with Crippen LogP contribution in [0.3, 0.4) is 0 Å². The Morgan fingerprint density at radius 2 is 2.35 bits per heavy atom. The number of carbonyl (C=O) groups is 1. The summed E-state index contributed by atoms with van der Waals surface area (Å²) in [6, 6.07) is 5.77. The van der Waals surface area contributed by atoms with Crippen molar-refractivity contribution in [3.05, 3.63) is 52.1 Å². The van der Waals surface area contributed by atoms with Gasteiger partial charge < -0.3 is 9.32 Å². The molecule has 1 aliphatic carbocycles. The van der Waals surface area contributed by atoms with Crippen molar-refractivity contribution in [1.82, 2.24) is 9.88 Å². The predicted octanol–water partition coefficient (Wildman–Crippen LogP) is 3.59. The van der Waals surface area contributed by atoms with Gasteiger partial charge in [0.1, 0.15) is 0 Å². The van der Waals surface area contributed by atoms with Crippen LogP contribution in [0.5, 0.6) is 0 Å². The van der Waals surface area contributed by atoms with Crippen LogP contribution in [0.2, 0.25) is 0 Å². The van der Waals surface area contributed by atoms with Crippen LogP contribution in [0.4, 0.5) is 0 Å². The van der Waals surface area contributed by atoms with Crippen LogP contribution < -0.4 is 0 Å². The first kappa shape index (κ1) is 13.4. The summed E-state index contributed by atoms with van der Waals surface area (Å²) in [5.41, 5.74) is 2.82. The van der Waals surface area contributed by atoms with Crippen molar-refractivity contribution in [1.29, 1.82) is 0 Å². The molecule has 3 rings (SSSR count). The number of hydrogen-bond donors (Lipinski definition) is 0. The molecule has 2 aromatic heterocycles. The summed E-state index contributed by atoms with van der Waals surface area (Å²) in [6.07, 6.45) is 6.37. The van der Waals surface area contributed by atoms with Crippen LogP contribution in [-0.2, 0) is 6.42 Å². The number of carbonyl (C=O) groups excluding carboxylic acids is 1. The van der Waals surface area contributed by atoms with Gasteiger partial charge in [-0.1, -0.05) is 6.07 Å². The average molecular weight is 335 g/mol. The van der Waals surface area contributed by atoms with Crippen LogP contribution in [0, 0.1) is 0 Å². The first-order chi connectivity index (χ1) is 9.68. The number of aromatic nitrogens is 1. The molecule has 0 aromatic carbocycles. The molecule has 0 saturated heterocycles. The number of halogens is 1. The summed E-state index contributed by atoms with van der Waals surface area (Å²) in [5, 5.41) is 0. The second kappa shape index (κ2) is 5.40. The van der Waals surface area contributed by atoms with E-state index in [1.54, 1.807) is 17.2 Å². The van der Waals surface area contributed by atoms with E-state index in [1.807, 2.05) is 13.1 Å².